The van der Waals surface area contributed by atoms with Crippen molar-refractivity contribution in [3.05, 3.63) is 76.2 Å². The van der Waals surface area contributed by atoms with Gasteiger partial charge in [0.15, 0.2) is 5.65 Å². The first-order valence-corrected chi connectivity index (χ1v) is 18.6. The summed E-state index contributed by atoms with van der Waals surface area (Å²) in [5, 5.41) is 20.3. The van der Waals surface area contributed by atoms with Gasteiger partial charge in [-0.1, -0.05) is 24.6 Å². The van der Waals surface area contributed by atoms with Gasteiger partial charge in [0.2, 0.25) is 21.7 Å². The van der Waals surface area contributed by atoms with Crippen molar-refractivity contribution in [3.8, 4) is 5.88 Å². The van der Waals surface area contributed by atoms with Crippen LogP contribution in [0, 0.1) is 13.8 Å². The summed E-state index contributed by atoms with van der Waals surface area (Å²) in [6, 6.07) is 10.0. The Hall–Kier alpha value is -4.28. The zero-order chi connectivity index (χ0) is 36.1. The van der Waals surface area contributed by atoms with Crippen LogP contribution in [0.25, 0.3) is 5.65 Å². The van der Waals surface area contributed by atoms with Crippen LogP contribution >= 0.6 is 0 Å². The minimum Gasteiger partial charge on any atom is -0.481 e. The van der Waals surface area contributed by atoms with Gasteiger partial charge < -0.3 is 20.1 Å². The van der Waals surface area contributed by atoms with Crippen molar-refractivity contribution < 1.29 is 36.2 Å². The van der Waals surface area contributed by atoms with Gasteiger partial charge in [-0.25, -0.2) is 8.42 Å². The fraction of sp³-hybridized carbons (Fsp3) is 0.486. The zero-order valence-corrected chi connectivity index (χ0v) is 29.2. The van der Waals surface area contributed by atoms with E-state index in [1.54, 1.807) is 31.2 Å². The molecule has 1 aromatic carbocycles. The predicted molar refractivity (Wildman–Crippen MR) is 181 cm³/mol. The number of anilines is 1. The molecule has 1 unspecified atom stereocenters. The molecule has 2 aliphatic heterocycles. The van der Waals surface area contributed by atoms with E-state index in [0.717, 1.165) is 29.6 Å². The number of sulfonamides is 1. The molecule has 0 amide bonds. The average molecular weight is 728 g/mol. The molecule has 5 heterocycles. The van der Waals surface area contributed by atoms with Crippen molar-refractivity contribution in [1.82, 2.24) is 28.8 Å². The molecule has 0 radical (unpaired) electrons. The number of pyridine rings is 2. The molecule has 0 bridgehead atoms. The largest absolute Gasteiger partial charge is 0.481 e. The smallest absolute Gasteiger partial charge is 0.452 e. The number of aliphatic carboxylic acids is 1. The van der Waals surface area contributed by atoms with Gasteiger partial charge in [-0.2, -0.15) is 22.5 Å². The second kappa shape index (κ2) is 13.4. The number of nitrogens with zero attached hydrogens (tertiary/aromatic N) is 6. The Morgan fingerprint density at radius 3 is 2.55 bits per heavy atom. The van der Waals surface area contributed by atoms with Crippen molar-refractivity contribution in [1.29, 1.82) is 0 Å². The van der Waals surface area contributed by atoms with Gasteiger partial charge in [0, 0.05) is 31.7 Å². The van der Waals surface area contributed by atoms with Crippen molar-refractivity contribution >= 4 is 27.5 Å². The molecule has 7 rings (SSSR count). The van der Waals surface area contributed by atoms with Crippen molar-refractivity contribution in [3.63, 3.8) is 0 Å². The minimum atomic E-state index is -4.72. The summed E-state index contributed by atoms with van der Waals surface area (Å²) in [7, 11) is -4.06. The van der Waals surface area contributed by atoms with Gasteiger partial charge in [0.05, 0.1) is 13.0 Å². The second-order valence-electron chi connectivity index (χ2n) is 13.8. The number of carboxylic acid groups (broad SMARTS) is 1. The number of ether oxygens (including phenoxy) is 1. The van der Waals surface area contributed by atoms with Gasteiger partial charge >= 0.3 is 12.1 Å². The maximum atomic E-state index is 14.2. The highest BCUT2D eigenvalue weighted by Crippen LogP contribution is 2.46. The Bertz CT molecular complexity index is 2080. The summed E-state index contributed by atoms with van der Waals surface area (Å²) in [6.07, 6.45) is 1.12. The summed E-state index contributed by atoms with van der Waals surface area (Å²) in [5.41, 5.74) is 2.15. The maximum absolute atomic E-state index is 14.2. The van der Waals surface area contributed by atoms with Crippen molar-refractivity contribution in [2.45, 2.75) is 81.5 Å². The number of rotatable bonds is 10. The third kappa shape index (κ3) is 7.13. The van der Waals surface area contributed by atoms with Crippen LogP contribution in [-0.2, 0) is 27.5 Å². The third-order valence-corrected chi connectivity index (χ3v) is 12.0. The minimum absolute atomic E-state index is 0.000673. The summed E-state index contributed by atoms with van der Waals surface area (Å²) < 4.78 is 77.6. The number of aromatic nitrogens is 4. The van der Waals surface area contributed by atoms with E-state index in [1.807, 2.05) is 6.92 Å². The molecule has 1 saturated heterocycles. The molecule has 3 aromatic heterocycles. The van der Waals surface area contributed by atoms with Gasteiger partial charge in [0.25, 0.3) is 0 Å². The van der Waals surface area contributed by atoms with Crippen LogP contribution in [0.1, 0.15) is 78.1 Å². The summed E-state index contributed by atoms with van der Waals surface area (Å²) in [4.78, 5) is 19.1. The van der Waals surface area contributed by atoms with Crippen molar-refractivity contribution in [2.24, 2.45) is 0 Å². The van der Waals surface area contributed by atoms with E-state index in [2.05, 4.69) is 25.4 Å². The van der Waals surface area contributed by atoms with E-state index in [0.29, 0.717) is 47.5 Å². The first kappa shape index (κ1) is 35.1. The number of hydrogen-bond acceptors (Lipinski definition) is 9. The number of piperidine rings is 1. The van der Waals surface area contributed by atoms with Gasteiger partial charge in [-0.3, -0.25) is 9.20 Å². The molecule has 3 aliphatic rings. The average Bonchev–Trinajstić information content (AvgIpc) is 3.69. The number of halogens is 3. The van der Waals surface area contributed by atoms with E-state index in [4.69, 9.17) is 4.74 Å². The molecule has 4 aromatic rings. The van der Waals surface area contributed by atoms with Crippen LogP contribution in [0.15, 0.2) is 47.5 Å². The monoisotopic (exact) mass is 727 g/mol. The Morgan fingerprint density at radius 2 is 1.84 bits per heavy atom. The Morgan fingerprint density at radius 1 is 1.08 bits per heavy atom. The number of alkyl halides is 3. The lowest BCUT2D eigenvalue weighted by molar-refractivity contribution is -0.145. The molecular formula is C35H40F3N7O5S. The van der Waals surface area contributed by atoms with E-state index in [1.165, 1.54) is 41.9 Å². The molecule has 51 heavy (non-hydrogen) atoms. The molecule has 1 saturated carbocycles. The Kier molecular flexibility index (Phi) is 9.21. The Labute approximate surface area is 293 Å². The topological polar surface area (TPSA) is 142 Å². The molecule has 1 spiro atoms. The number of aryl methyl sites for hydroxylation is 2. The highest BCUT2D eigenvalue weighted by molar-refractivity contribution is 7.89. The lowest BCUT2D eigenvalue weighted by Gasteiger charge is -2.26. The van der Waals surface area contributed by atoms with E-state index >= 15 is 0 Å². The summed E-state index contributed by atoms with van der Waals surface area (Å²) in [5.74, 6) is -2.41. The molecule has 272 valence electrons. The lowest BCUT2D eigenvalue weighted by Crippen LogP contribution is -2.38. The van der Waals surface area contributed by atoms with E-state index in [9.17, 15) is 31.5 Å². The van der Waals surface area contributed by atoms with Gasteiger partial charge in [0.1, 0.15) is 16.3 Å². The predicted octanol–water partition coefficient (Wildman–Crippen LogP) is 5.38. The Balaban J connectivity index is 1.17. The number of nitrogens with one attached hydrogen (secondary N) is 1. The quantitative estimate of drug-likeness (QED) is 0.219. The highest BCUT2D eigenvalue weighted by atomic mass is 32.2. The van der Waals surface area contributed by atoms with Crippen molar-refractivity contribution in [2.75, 3.05) is 38.0 Å². The summed E-state index contributed by atoms with van der Waals surface area (Å²) >= 11 is 0. The number of hydrogen-bond donors (Lipinski definition) is 2. The molecule has 1 atom stereocenters. The van der Waals surface area contributed by atoms with Gasteiger partial charge in [-0.15, -0.1) is 10.2 Å². The fourth-order valence-electron chi connectivity index (χ4n) is 7.16. The fourth-order valence-corrected chi connectivity index (χ4v) is 8.70. The second-order valence-corrected chi connectivity index (χ2v) is 15.7. The summed E-state index contributed by atoms with van der Waals surface area (Å²) in [6.45, 7) is 7.25. The van der Waals surface area contributed by atoms with Gasteiger partial charge in [-0.05, 0) is 98.6 Å². The van der Waals surface area contributed by atoms with E-state index in [-0.39, 0.29) is 35.9 Å². The van der Waals surface area contributed by atoms with Crippen LogP contribution < -0.4 is 10.1 Å². The lowest BCUT2D eigenvalue weighted by atomic mass is 9.85. The maximum Gasteiger partial charge on any atom is 0.452 e. The molecule has 12 nitrogen and oxygen atoms in total. The standard InChI is InChI=1S/C35H40F3N7O5S/c1-22-6-7-24(27(19-30(46)47)26-10-16-45-31(23(26)2)41-42-33(45)35(36,37)38)18-25(22)20-44-21-34(11-12-34)50-32-28(51(44,48)49)8-9-29(40-32)39-13-17-43-14-4-3-5-15-43/h6-10,16,18,27H,3-5,11-15,17,19-21H2,1-2H3,(H,39,40)(H,46,47). The van der Waals surface area contributed by atoms with Crippen LogP contribution in [0.3, 0.4) is 0 Å². The third-order valence-electron chi connectivity index (χ3n) is 10.2. The van der Waals surface area contributed by atoms with Crippen LogP contribution in [-0.4, -0.2) is 86.6 Å². The number of carboxylic acids is 1. The number of likely N-dealkylation sites (tertiary alicyclic amines) is 1. The first-order valence-electron chi connectivity index (χ1n) is 17.1. The van der Waals surface area contributed by atoms with Crippen LogP contribution in [0.4, 0.5) is 19.0 Å². The molecule has 1 aliphatic carbocycles. The highest BCUT2D eigenvalue weighted by Gasteiger charge is 2.52. The number of carbonyl (C=O) groups is 1. The molecule has 16 heteroatoms. The number of benzene rings is 1. The van der Waals surface area contributed by atoms with E-state index < -0.39 is 39.5 Å². The molecule has 2 N–H and O–H groups in total. The normalized spacial score (nSPS) is 19.3. The SMILES string of the molecule is Cc1ccc(C(CC(=O)O)c2ccn3c(C(F)(F)F)nnc3c2C)cc1CN1CC2(CC2)Oc2nc(NCCN3CCCCC3)ccc2S1(=O)=O. The molecule has 2 fully saturated rings. The first-order chi connectivity index (χ1) is 24.2. The number of fused-ring (bicyclic) bond motifs is 2. The zero-order valence-electron chi connectivity index (χ0n) is 28.4. The molecular weight excluding hydrogens is 687 g/mol. The van der Waals surface area contributed by atoms with Crippen LogP contribution in [0.2, 0.25) is 0 Å². The van der Waals surface area contributed by atoms with Crippen LogP contribution in [0.5, 0.6) is 5.88 Å².